The molecule has 1 heterocycles. The van der Waals surface area contributed by atoms with E-state index in [4.69, 9.17) is 11.6 Å². The molecule has 1 aromatic heterocycles. The first kappa shape index (κ1) is 19.7. The Hall–Kier alpha value is -1.63. The van der Waals surface area contributed by atoms with E-state index >= 15 is 0 Å². The minimum absolute atomic E-state index is 0.208. The first-order valence-corrected chi connectivity index (χ1v) is 9.82. The van der Waals surface area contributed by atoms with Crippen LogP contribution in [-0.4, -0.2) is 40.1 Å². The molecule has 0 bridgehead atoms. The van der Waals surface area contributed by atoms with Gasteiger partial charge in [0.05, 0.1) is 11.2 Å². The third-order valence-corrected chi connectivity index (χ3v) is 4.73. The topological polar surface area (TPSA) is 58.1 Å². The van der Waals surface area contributed by atoms with E-state index in [0.29, 0.717) is 11.7 Å². The lowest BCUT2D eigenvalue weighted by Gasteiger charge is -2.18. The van der Waals surface area contributed by atoms with Gasteiger partial charge >= 0.3 is 0 Å². The Morgan fingerprint density at radius 2 is 1.84 bits per heavy atom. The number of carbonyl (C=O) groups excluding carboxylic acids is 1. The highest BCUT2D eigenvalue weighted by Gasteiger charge is 2.13. The summed E-state index contributed by atoms with van der Waals surface area (Å²) in [7, 11) is 0. The minimum atomic E-state index is -0.296. The number of hydrogen-bond acceptors (Lipinski definition) is 5. The highest BCUT2D eigenvalue weighted by molar-refractivity contribution is 7.98. The molecule has 0 unspecified atom stereocenters. The lowest BCUT2D eigenvalue weighted by molar-refractivity contribution is 0.0945. The van der Waals surface area contributed by atoms with Gasteiger partial charge in [-0.2, -0.15) is 0 Å². The van der Waals surface area contributed by atoms with Crippen molar-refractivity contribution in [2.75, 3.05) is 19.3 Å². The van der Waals surface area contributed by atoms with E-state index in [0.717, 1.165) is 25.2 Å². The molecule has 0 aliphatic rings. The van der Waals surface area contributed by atoms with Crippen molar-refractivity contribution in [3.05, 3.63) is 52.3 Å². The fraction of sp³-hybridized carbons (Fsp3) is 0.389. The second-order valence-corrected chi connectivity index (χ2v) is 6.69. The Morgan fingerprint density at radius 3 is 2.44 bits per heavy atom. The smallest absolute Gasteiger partial charge is 0.271 e. The number of aromatic nitrogens is 2. The van der Waals surface area contributed by atoms with Gasteiger partial charge in [0, 0.05) is 13.1 Å². The van der Waals surface area contributed by atoms with Crippen LogP contribution in [0.15, 0.2) is 35.6 Å². The van der Waals surface area contributed by atoms with Gasteiger partial charge in [0.15, 0.2) is 10.9 Å². The maximum Gasteiger partial charge on any atom is 0.271 e. The number of hydrogen-bond donors (Lipinski definition) is 1. The van der Waals surface area contributed by atoms with E-state index in [9.17, 15) is 4.79 Å². The van der Waals surface area contributed by atoms with Crippen LogP contribution in [-0.2, 0) is 13.1 Å². The van der Waals surface area contributed by atoms with Gasteiger partial charge in [-0.25, -0.2) is 9.97 Å². The molecular weight excluding hydrogens is 356 g/mol. The van der Waals surface area contributed by atoms with Crippen molar-refractivity contribution in [3.63, 3.8) is 0 Å². The van der Waals surface area contributed by atoms with Crippen LogP contribution in [0.2, 0.25) is 5.02 Å². The highest BCUT2D eigenvalue weighted by Crippen LogP contribution is 2.16. The van der Waals surface area contributed by atoms with Crippen molar-refractivity contribution in [1.82, 2.24) is 20.2 Å². The van der Waals surface area contributed by atoms with Crippen LogP contribution in [0.25, 0.3) is 0 Å². The number of thioether (sulfide) groups is 1. The number of amides is 1. The lowest BCUT2D eigenvalue weighted by atomic mass is 10.1. The van der Waals surface area contributed by atoms with Crippen LogP contribution in [0.5, 0.6) is 0 Å². The normalized spacial score (nSPS) is 10.9. The first-order valence-electron chi connectivity index (χ1n) is 8.22. The maximum absolute atomic E-state index is 12.3. The Bertz CT molecular complexity index is 705. The van der Waals surface area contributed by atoms with Crippen molar-refractivity contribution < 1.29 is 4.79 Å². The van der Waals surface area contributed by atoms with E-state index in [2.05, 4.69) is 46.2 Å². The fourth-order valence-electron chi connectivity index (χ4n) is 2.34. The van der Waals surface area contributed by atoms with Gasteiger partial charge in [-0.05, 0) is 30.5 Å². The van der Waals surface area contributed by atoms with Gasteiger partial charge in [0.1, 0.15) is 0 Å². The Balaban J connectivity index is 1.96. The van der Waals surface area contributed by atoms with Crippen molar-refractivity contribution in [2.45, 2.75) is 32.1 Å². The molecule has 0 fully saturated rings. The zero-order chi connectivity index (χ0) is 18.2. The molecule has 7 heteroatoms. The Labute approximate surface area is 158 Å². The number of carbonyl (C=O) groups is 1. The third-order valence-electron chi connectivity index (χ3n) is 3.90. The standard InChI is InChI=1S/C18H23ClN4OS/c1-4-23(5-2)12-14-8-6-13(7-9-14)10-20-17(24)16-15(19)11-21-18(22-16)25-3/h6-9,11H,4-5,10,12H2,1-3H3,(H,20,24). The summed E-state index contributed by atoms with van der Waals surface area (Å²) in [6.45, 7) is 7.76. The largest absolute Gasteiger partial charge is 0.347 e. The number of benzene rings is 1. The quantitative estimate of drug-likeness (QED) is 0.561. The summed E-state index contributed by atoms with van der Waals surface area (Å²) in [5, 5.41) is 3.63. The number of nitrogens with zero attached hydrogens (tertiary/aromatic N) is 3. The molecule has 1 amide bonds. The molecule has 134 valence electrons. The Kier molecular flexibility index (Phi) is 7.68. The first-order chi connectivity index (χ1) is 12.1. The lowest BCUT2D eigenvalue weighted by Crippen LogP contribution is -2.24. The summed E-state index contributed by atoms with van der Waals surface area (Å²) in [5.74, 6) is -0.296. The number of nitrogens with one attached hydrogen (secondary N) is 1. The van der Waals surface area contributed by atoms with E-state index in [-0.39, 0.29) is 16.6 Å². The maximum atomic E-state index is 12.3. The molecule has 0 radical (unpaired) electrons. The summed E-state index contributed by atoms with van der Waals surface area (Å²) in [4.78, 5) is 22.9. The van der Waals surface area contributed by atoms with Crippen molar-refractivity contribution >= 4 is 29.3 Å². The fourth-order valence-corrected chi connectivity index (χ4v) is 2.86. The van der Waals surface area contributed by atoms with Gasteiger partial charge in [0.2, 0.25) is 0 Å². The summed E-state index contributed by atoms with van der Waals surface area (Å²) in [6.07, 6.45) is 3.31. The Morgan fingerprint density at radius 1 is 1.20 bits per heavy atom. The average molecular weight is 379 g/mol. The van der Waals surface area contributed by atoms with Crippen LogP contribution in [0.4, 0.5) is 0 Å². The van der Waals surface area contributed by atoms with Gasteiger partial charge in [-0.1, -0.05) is 61.5 Å². The highest BCUT2D eigenvalue weighted by atomic mass is 35.5. The van der Waals surface area contributed by atoms with Crippen molar-refractivity contribution in [2.24, 2.45) is 0 Å². The minimum Gasteiger partial charge on any atom is -0.347 e. The monoisotopic (exact) mass is 378 g/mol. The van der Waals surface area contributed by atoms with Gasteiger partial charge < -0.3 is 5.32 Å². The molecule has 0 atom stereocenters. The van der Waals surface area contributed by atoms with E-state index < -0.39 is 0 Å². The van der Waals surface area contributed by atoms with E-state index in [1.807, 2.05) is 18.4 Å². The summed E-state index contributed by atoms with van der Waals surface area (Å²) < 4.78 is 0. The van der Waals surface area contributed by atoms with Crippen LogP contribution in [0.3, 0.4) is 0 Å². The second kappa shape index (κ2) is 9.75. The molecule has 25 heavy (non-hydrogen) atoms. The zero-order valence-corrected chi connectivity index (χ0v) is 16.3. The predicted octanol–water partition coefficient (Wildman–Crippen LogP) is 3.62. The number of halogens is 1. The molecule has 0 aliphatic heterocycles. The van der Waals surface area contributed by atoms with E-state index in [1.54, 1.807) is 0 Å². The summed E-state index contributed by atoms with van der Waals surface area (Å²) >= 11 is 7.40. The average Bonchev–Trinajstić information content (AvgIpc) is 2.65. The predicted molar refractivity (Wildman–Crippen MR) is 103 cm³/mol. The molecule has 1 N–H and O–H groups in total. The second-order valence-electron chi connectivity index (χ2n) is 5.51. The molecule has 2 rings (SSSR count). The summed E-state index contributed by atoms with van der Waals surface area (Å²) in [5.41, 5.74) is 2.51. The molecule has 5 nitrogen and oxygen atoms in total. The molecule has 0 aliphatic carbocycles. The number of rotatable bonds is 8. The molecular formula is C18H23ClN4OS. The van der Waals surface area contributed by atoms with Crippen LogP contribution < -0.4 is 5.32 Å². The van der Waals surface area contributed by atoms with Crippen molar-refractivity contribution in [1.29, 1.82) is 0 Å². The zero-order valence-electron chi connectivity index (χ0n) is 14.8. The van der Waals surface area contributed by atoms with Gasteiger partial charge in [0.25, 0.3) is 5.91 Å². The van der Waals surface area contributed by atoms with E-state index in [1.165, 1.54) is 23.5 Å². The molecule has 0 saturated heterocycles. The van der Waals surface area contributed by atoms with Gasteiger partial charge in [-0.15, -0.1) is 0 Å². The molecule has 0 saturated carbocycles. The van der Waals surface area contributed by atoms with Crippen LogP contribution in [0.1, 0.15) is 35.5 Å². The van der Waals surface area contributed by atoms with Crippen LogP contribution in [0, 0.1) is 0 Å². The summed E-state index contributed by atoms with van der Waals surface area (Å²) in [6, 6.07) is 8.27. The van der Waals surface area contributed by atoms with Gasteiger partial charge in [-0.3, -0.25) is 9.69 Å². The third kappa shape index (κ3) is 5.70. The molecule has 0 spiro atoms. The SMILES string of the molecule is CCN(CC)Cc1ccc(CNC(=O)c2nc(SC)ncc2Cl)cc1. The molecule has 1 aromatic carbocycles. The molecule has 2 aromatic rings. The van der Waals surface area contributed by atoms with Crippen molar-refractivity contribution in [3.8, 4) is 0 Å². The van der Waals surface area contributed by atoms with Crippen LogP contribution >= 0.6 is 23.4 Å².